The van der Waals surface area contributed by atoms with Crippen LogP contribution in [-0.2, 0) is 6.54 Å². The van der Waals surface area contributed by atoms with Crippen molar-refractivity contribution >= 4 is 0 Å². The molecule has 0 N–H and O–H groups in total. The lowest BCUT2D eigenvalue weighted by Crippen LogP contribution is -2.27. The lowest BCUT2D eigenvalue weighted by atomic mass is 10.1. The first-order valence-corrected chi connectivity index (χ1v) is 5.46. The zero-order valence-corrected chi connectivity index (χ0v) is 10.00. The fourth-order valence-electron chi connectivity index (χ4n) is 1.56. The van der Waals surface area contributed by atoms with Gasteiger partial charge in [0.15, 0.2) is 0 Å². The molecule has 2 nitrogen and oxygen atoms in total. The van der Waals surface area contributed by atoms with Crippen molar-refractivity contribution in [3.05, 3.63) is 35.1 Å². The number of hydrogen-bond donors (Lipinski definition) is 0. The molecule has 0 bridgehead atoms. The largest absolute Gasteiger partial charge is 0.299 e. The number of nitrogens with zero attached hydrogens (tertiary/aromatic N) is 2. The first-order chi connectivity index (χ1) is 7.56. The van der Waals surface area contributed by atoms with Crippen LogP contribution in [0.15, 0.2) is 18.2 Å². The standard InChI is InChI=1S/C13H17FN2/c1-4-10(2)16(3)9-12-5-11(8-15)6-13(14)7-12/h5-7,10H,4,9H2,1-3H3. The summed E-state index contributed by atoms with van der Waals surface area (Å²) in [7, 11) is 2.01. The molecule has 0 aliphatic carbocycles. The number of rotatable bonds is 4. The predicted molar refractivity (Wildman–Crippen MR) is 62.3 cm³/mol. The Morgan fingerprint density at radius 3 is 2.69 bits per heavy atom. The van der Waals surface area contributed by atoms with E-state index in [1.165, 1.54) is 12.1 Å². The van der Waals surface area contributed by atoms with Gasteiger partial charge in [0.2, 0.25) is 0 Å². The maximum Gasteiger partial charge on any atom is 0.124 e. The number of benzene rings is 1. The summed E-state index contributed by atoms with van der Waals surface area (Å²) in [6, 6.07) is 6.90. The molecule has 1 aromatic carbocycles. The molecule has 3 heteroatoms. The van der Waals surface area contributed by atoms with Gasteiger partial charge in [-0.25, -0.2) is 4.39 Å². The van der Waals surface area contributed by atoms with Gasteiger partial charge in [-0.3, -0.25) is 4.90 Å². The highest BCUT2D eigenvalue weighted by molar-refractivity contribution is 5.33. The van der Waals surface area contributed by atoms with E-state index in [4.69, 9.17) is 5.26 Å². The molecule has 1 atom stereocenters. The molecule has 1 unspecified atom stereocenters. The van der Waals surface area contributed by atoms with Gasteiger partial charge in [-0.1, -0.05) is 6.92 Å². The fraction of sp³-hybridized carbons (Fsp3) is 0.462. The minimum absolute atomic E-state index is 0.341. The van der Waals surface area contributed by atoms with Crippen molar-refractivity contribution in [1.29, 1.82) is 5.26 Å². The van der Waals surface area contributed by atoms with Gasteiger partial charge < -0.3 is 0 Å². The Morgan fingerprint density at radius 1 is 1.44 bits per heavy atom. The maximum atomic E-state index is 13.2. The highest BCUT2D eigenvalue weighted by Crippen LogP contribution is 2.12. The topological polar surface area (TPSA) is 27.0 Å². The average molecular weight is 220 g/mol. The average Bonchev–Trinajstić information content (AvgIpc) is 2.26. The molecule has 0 radical (unpaired) electrons. The van der Waals surface area contributed by atoms with E-state index >= 15 is 0 Å². The summed E-state index contributed by atoms with van der Waals surface area (Å²) in [5.74, 6) is -0.341. The van der Waals surface area contributed by atoms with E-state index in [1.807, 2.05) is 13.1 Å². The van der Waals surface area contributed by atoms with Crippen molar-refractivity contribution in [2.45, 2.75) is 32.9 Å². The summed E-state index contributed by atoms with van der Waals surface area (Å²) in [6.45, 7) is 4.92. The second-order valence-corrected chi connectivity index (χ2v) is 4.13. The highest BCUT2D eigenvalue weighted by Gasteiger charge is 2.08. The van der Waals surface area contributed by atoms with Crippen LogP contribution in [0.1, 0.15) is 31.4 Å². The number of hydrogen-bond acceptors (Lipinski definition) is 2. The van der Waals surface area contributed by atoms with Crippen LogP contribution >= 0.6 is 0 Å². The highest BCUT2D eigenvalue weighted by atomic mass is 19.1. The molecule has 0 heterocycles. The first kappa shape index (κ1) is 12.7. The van der Waals surface area contributed by atoms with Crippen LogP contribution in [0.25, 0.3) is 0 Å². The van der Waals surface area contributed by atoms with Gasteiger partial charge in [-0.2, -0.15) is 5.26 Å². The quantitative estimate of drug-likeness (QED) is 0.780. The summed E-state index contributed by atoms with van der Waals surface area (Å²) in [4.78, 5) is 2.15. The van der Waals surface area contributed by atoms with Crippen molar-refractivity contribution in [1.82, 2.24) is 4.90 Å². The van der Waals surface area contributed by atoms with Crippen LogP contribution in [0, 0.1) is 17.1 Å². The lowest BCUT2D eigenvalue weighted by molar-refractivity contribution is 0.243. The molecule has 0 saturated carbocycles. The van der Waals surface area contributed by atoms with Crippen molar-refractivity contribution in [2.75, 3.05) is 7.05 Å². The minimum Gasteiger partial charge on any atom is -0.299 e. The summed E-state index contributed by atoms with van der Waals surface area (Å²) < 4.78 is 13.2. The smallest absolute Gasteiger partial charge is 0.124 e. The SMILES string of the molecule is CCC(C)N(C)Cc1cc(F)cc(C#N)c1. The normalized spacial score (nSPS) is 12.5. The Bertz CT molecular complexity index is 395. The van der Waals surface area contributed by atoms with E-state index in [1.54, 1.807) is 6.07 Å². The van der Waals surface area contributed by atoms with E-state index in [2.05, 4.69) is 18.7 Å². The zero-order valence-electron chi connectivity index (χ0n) is 10.00. The van der Waals surface area contributed by atoms with Crippen LogP contribution in [0.4, 0.5) is 4.39 Å². The molecule has 86 valence electrons. The van der Waals surface area contributed by atoms with Gasteiger partial charge in [-0.05, 0) is 44.2 Å². The fourth-order valence-corrected chi connectivity index (χ4v) is 1.56. The maximum absolute atomic E-state index is 13.2. The third-order valence-corrected chi connectivity index (χ3v) is 2.86. The van der Waals surface area contributed by atoms with Crippen LogP contribution in [0.5, 0.6) is 0 Å². The van der Waals surface area contributed by atoms with Crippen LogP contribution in [-0.4, -0.2) is 18.0 Å². The first-order valence-electron chi connectivity index (χ1n) is 5.46. The number of nitriles is 1. The summed E-state index contributed by atoms with van der Waals surface area (Å²) in [6.07, 6.45) is 1.05. The van der Waals surface area contributed by atoms with E-state index < -0.39 is 0 Å². The molecular formula is C13H17FN2. The van der Waals surface area contributed by atoms with E-state index in [9.17, 15) is 4.39 Å². The lowest BCUT2D eigenvalue weighted by Gasteiger charge is -2.23. The predicted octanol–water partition coefficient (Wildman–Crippen LogP) is 2.93. The van der Waals surface area contributed by atoms with Crippen molar-refractivity contribution < 1.29 is 4.39 Å². The van der Waals surface area contributed by atoms with Gasteiger partial charge in [0.1, 0.15) is 5.82 Å². The molecule has 0 spiro atoms. The summed E-state index contributed by atoms with van der Waals surface area (Å²) in [5.41, 5.74) is 1.23. The molecular weight excluding hydrogens is 203 g/mol. The summed E-state index contributed by atoms with van der Waals surface area (Å²) >= 11 is 0. The second-order valence-electron chi connectivity index (χ2n) is 4.13. The number of halogens is 1. The van der Waals surface area contributed by atoms with E-state index in [0.29, 0.717) is 18.2 Å². The second kappa shape index (κ2) is 5.62. The van der Waals surface area contributed by atoms with Crippen LogP contribution < -0.4 is 0 Å². The van der Waals surface area contributed by atoms with Gasteiger partial charge in [0, 0.05) is 12.6 Å². The third kappa shape index (κ3) is 3.32. The van der Waals surface area contributed by atoms with Gasteiger partial charge in [0.05, 0.1) is 11.6 Å². The van der Waals surface area contributed by atoms with Gasteiger partial charge >= 0.3 is 0 Å². The van der Waals surface area contributed by atoms with Gasteiger partial charge in [0.25, 0.3) is 0 Å². The third-order valence-electron chi connectivity index (χ3n) is 2.86. The van der Waals surface area contributed by atoms with Crippen molar-refractivity contribution in [3.8, 4) is 6.07 Å². The molecule has 16 heavy (non-hydrogen) atoms. The van der Waals surface area contributed by atoms with Crippen LogP contribution in [0.3, 0.4) is 0 Å². The van der Waals surface area contributed by atoms with Crippen molar-refractivity contribution in [2.24, 2.45) is 0 Å². The molecule has 1 aromatic rings. The Balaban J connectivity index is 2.81. The molecule has 0 aromatic heterocycles. The van der Waals surface area contributed by atoms with Crippen LogP contribution in [0.2, 0.25) is 0 Å². The van der Waals surface area contributed by atoms with E-state index in [-0.39, 0.29) is 5.82 Å². The van der Waals surface area contributed by atoms with E-state index in [0.717, 1.165) is 12.0 Å². The Kier molecular flexibility index (Phi) is 4.45. The molecule has 0 aliphatic rings. The molecule has 1 rings (SSSR count). The van der Waals surface area contributed by atoms with Crippen molar-refractivity contribution in [3.63, 3.8) is 0 Å². The molecule has 0 aliphatic heterocycles. The Labute approximate surface area is 96.3 Å². The zero-order chi connectivity index (χ0) is 12.1. The Hall–Kier alpha value is -1.40. The molecule has 0 amide bonds. The minimum atomic E-state index is -0.341. The molecule has 0 saturated heterocycles. The van der Waals surface area contributed by atoms with Gasteiger partial charge in [-0.15, -0.1) is 0 Å². The summed E-state index contributed by atoms with van der Waals surface area (Å²) in [5, 5.41) is 8.75. The monoisotopic (exact) mass is 220 g/mol. The molecule has 0 fully saturated rings. The Morgan fingerprint density at radius 2 is 2.12 bits per heavy atom.